The Hall–Kier alpha value is -1.58. The lowest BCUT2D eigenvalue weighted by Gasteiger charge is -2.16. The summed E-state index contributed by atoms with van der Waals surface area (Å²) in [5.74, 6) is -1.91. The van der Waals surface area contributed by atoms with Crippen LogP contribution in [0.3, 0.4) is 0 Å². The fourth-order valence-electron chi connectivity index (χ4n) is 1.49. The van der Waals surface area contributed by atoms with Crippen molar-refractivity contribution in [2.75, 3.05) is 0 Å². The summed E-state index contributed by atoms with van der Waals surface area (Å²) in [7, 11) is 0. The molecule has 0 saturated heterocycles. The summed E-state index contributed by atoms with van der Waals surface area (Å²) in [5.41, 5.74) is 2.01. The monoisotopic (exact) mass is 254 g/mol. The first-order chi connectivity index (χ1) is 8.40. The molecule has 1 N–H and O–H groups in total. The smallest absolute Gasteiger partial charge is 0.317 e. The van der Waals surface area contributed by atoms with Crippen molar-refractivity contribution in [3.8, 4) is 0 Å². The van der Waals surface area contributed by atoms with Gasteiger partial charge in [0.25, 0.3) is 0 Å². The molecule has 0 aromatic heterocycles. The van der Waals surface area contributed by atoms with E-state index in [1.54, 1.807) is 6.92 Å². The fourth-order valence-corrected chi connectivity index (χ4v) is 1.49. The van der Waals surface area contributed by atoms with Crippen LogP contribution in [0.2, 0.25) is 0 Å². The Morgan fingerprint density at radius 2 is 1.89 bits per heavy atom. The molecule has 0 rings (SSSR count). The van der Waals surface area contributed by atoms with Crippen molar-refractivity contribution in [3.63, 3.8) is 0 Å². The van der Waals surface area contributed by atoms with Crippen LogP contribution in [0.1, 0.15) is 46.5 Å². The third-order valence-electron chi connectivity index (χ3n) is 2.65. The topological polar surface area (TPSA) is 63.6 Å². The zero-order valence-electron chi connectivity index (χ0n) is 11.4. The molecule has 0 aliphatic carbocycles. The number of hydrogen-bond acceptors (Lipinski definition) is 3. The van der Waals surface area contributed by atoms with Crippen LogP contribution >= 0.6 is 0 Å². The maximum absolute atomic E-state index is 11.3. The molecule has 0 spiro atoms. The van der Waals surface area contributed by atoms with Gasteiger partial charge in [-0.25, -0.2) is 0 Å². The van der Waals surface area contributed by atoms with Crippen molar-refractivity contribution in [3.05, 3.63) is 23.8 Å². The van der Waals surface area contributed by atoms with Crippen molar-refractivity contribution in [1.82, 2.24) is 0 Å². The molecule has 0 aromatic rings. The molecule has 4 heteroatoms. The maximum Gasteiger partial charge on any atom is 0.317 e. The normalized spacial score (nSPS) is 11.5. The number of allylic oxidation sites excluding steroid dienone is 1. The summed E-state index contributed by atoms with van der Waals surface area (Å²) in [5, 5.41) is 8.49. The van der Waals surface area contributed by atoms with Crippen LogP contribution in [0.25, 0.3) is 0 Å². The SMILES string of the molecule is C=C(C)C(CC=C(CC)CC)OC(=O)CC(=O)O. The number of carboxylic acid groups (broad SMARTS) is 1. The van der Waals surface area contributed by atoms with Gasteiger partial charge in [0.2, 0.25) is 0 Å². The number of carbonyl (C=O) groups excluding carboxylic acids is 1. The van der Waals surface area contributed by atoms with Crippen LogP contribution in [0.15, 0.2) is 23.8 Å². The second-order valence-electron chi connectivity index (χ2n) is 4.20. The first kappa shape index (κ1) is 16.4. The highest BCUT2D eigenvalue weighted by atomic mass is 16.5. The van der Waals surface area contributed by atoms with Crippen molar-refractivity contribution < 1.29 is 19.4 Å². The van der Waals surface area contributed by atoms with E-state index in [1.807, 2.05) is 6.08 Å². The Kier molecular flexibility index (Phi) is 7.76. The van der Waals surface area contributed by atoms with Gasteiger partial charge in [0.05, 0.1) is 0 Å². The Morgan fingerprint density at radius 3 is 2.28 bits per heavy atom. The Bertz CT molecular complexity index is 336. The number of ether oxygens (including phenoxy) is 1. The molecule has 0 amide bonds. The summed E-state index contributed by atoms with van der Waals surface area (Å²) >= 11 is 0. The number of carbonyl (C=O) groups is 2. The quantitative estimate of drug-likeness (QED) is 0.411. The number of carboxylic acids is 1. The van der Waals surface area contributed by atoms with Gasteiger partial charge in [-0.2, -0.15) is 0 Å². The molecule has 0 radical (unpaired) electrons. The predicted octanol–water partition coefficient (Wildman–Crippen LogP) is 3.09. The average molecular weight is 254 g/mol. The molecule has 18 heavy (non-hydrogen) atoms. The Labute approximate surface area is 108 Å². The van der Waals surface area contributed by atoms with Crippen LogP contribution in [-0.4, -0.2) is 23.1 Å². The molecule has 4 nitrogen and oxygen atoms in total. The lowest BCUT2D eigenvalue weighted by molar-refractivity contribution is -0.153. The van der Waals surface area contributed by atoms with E-state index in [9.17, 15) is 9.59 Å². The van der Waals surface area contributed by atoms with Gasteiger partial charge >= 0.3 is 11.9 Å². The first-order valence-corrected chi connectivity index (χ1v) is 6.15. The van der Waals surface area contributed by atoms with Crippen LogP contribution in [-0.2, 0) is 14.3 Å². The number of rotatable bonds is 8. The minimum absolute atomic E-state index is 0.440. The molecule has 0 aromatic carbocycles. The van der Waals surface area contributed by atoms with Gasteiger partial charge in [-0.15, -0.1) is 0 Å². The molecule has 102 valence electrons. The molecule has 0 aliphatic rings. The van der Waals surface area contributed by atoms with Crippen LogP contribution < -0.4 is 0 Å². The summed E-state index contributed by atoms with van der Waals surface area (Å²) in [6, 6.07) is 0. The van der Waals surface area contributed by atoms with Gasteiger partial charge in [0.15, 0.2) is 0 Å². The largest absolute Gasteiger partial charge is 0.481 e. The zero-order chi connectivity index (χ0) is 14.1. The fraction of sp³-hybridized carbons (Fsp3) is 0.571. The third-order valence-corrected chi connectivity index (χ3v) is 2.65. The lowest BCUT2D eigenvalue weighted by Crippen LogP contribution is -2.20. The second-order valence-corrected chi connectivity index (χ2v) is 4.20. The van der Waals surface area contributed by atoms with Crippen molar-refractivity contribution in [2.45, 2.75) is 52.6 Å². The molecule has 0 saturated carbocycles. The van der Waals surface area contributed by atoms with Crippen LogP contribution in [0, 0.1) is 0 Å². The highest BCUT2D eigenvalue weighted by Crippen LogP contribution is 2.14. The maximum atomic E-state index is 11.3. The Balaban J connectivity index is 4.49. The summed E-state index contributed by atoms with van der Waals surface area (Å²) in [4.78, 5) is 21.7. The molecular formula is C14H22O4. The number of hydrogen-bond donors (Lipinski definition) is 1. The van der Waals surface area contributed by atoms with Gasteiger partial charge in [0.1, 0.15) is 12.5 Å². The van der Waals surface area contributed by atoms with Gasteiger partial charge in [-0.05, 0) is 25.3 Å². The van der Waals surface area contributed by atoms with E-state index in [1.165, 1.54) is 5.57 Å². The molecule has 0 heterocycles. The number of esters is 1. The van der Waals surface area contributed by atoms with E-state index in [0.717, 1.165) is 18.4 Å². The summed E-state index contributed by atoms with van der Waals surface area (Å²) in [6.07, 6.45) is 3.46. The van der Waals surface area contributed by atoms with Crippen molar-refractivity contribution >= 4 is 11.9 Å². The predicted molar refractivity (Wildman–Crippen MR) is 70.2 cm³/mol. The lowest BCUT2D eigenvalue weighted by atomic mass is 10.0. The second kappa shape index (κ2) is 8.50. The summed E-state index contributed by atoms with van der Waals surface area (Å²) in [6.45, 7) is 9.67. The van der Waals surface area contributed by atoms with Gasteiger partial charge < -0.3 is 9.84 Å². The van der Waals surface area contributed by atoms with E-state index in [0.29, 0.717) is 6.42 Å². The van der Waals surface area contributed by atoms with E-state index in [-0.39, 0.29) is 0 Å². The molecule has 0 fully saturated rings. The Morgan fingerprint density at radius 1 is 1.33 bits per heavy atom. The average Bonchev–Trinajstić information content (AvgIpc) is 2.27. The van der Waals surface area contributed by atoms with Crippen molar-refractivity contribution in [1.29, 1.82) is 0 Å². The minimum Gasteiger partial charge on any atom is -0.481 e. The highest BCUT2D eigenvalue weighted by Gasteiger charge is 2.16. The molecular weight excluding hydrogens is 232 g/mol. The molecule has 1 atom stereocenters. The first-order valence-electron chi connectivity index (χ1n) is 6.15. The van der Waals surface area contributed by atoms with Crippen LogP contribution in [0.4, 0.5) is 0 Å². The van der Waals surface area contributed by atoms with E-state index in [2.05, 4.69) is 20.4 Å². The van der Waals surface area contributed by atoms with E-state index < -0.39 is 24.5 Å². The van der Waals surface area contributed by atoms with Gasteiger partial charge in [-0.1, -0.05) is 32.1 Å². The summed E-state index contributed by atoms with van der Waals surface area (Å²) < 4.78 is 5.10. The molecule has 0 bridgehead atoms. The molecule has 0 aliphatic heterocycles. The van der Waals surface area contributed by atoms with E-state index in [4.69, 9.17) is 9.84 Å². The minimum atomic E-state index is -1.18. The number of aliphatic carboxylic acids is 1. The third kappa shape index (κ3) is 6.89. The standard InChI is InChI=1S/C14H22O4/c1-5-11(6-2)7-8-12(10(3)4)18-14(17)9-13(15)16/h7,12H,3,5-6,8-9H2,1-2,4H3,(H,15,16). The van der Waals surface area contributed by atoms with E-state index >= 15 is 0 Å². The van der Waals surface area contributed by atoms with Crippen LogP contribution in [0.5, 0.6) is 0 Å². The molecule has 1 unspecified atom stereocenters. The van der Waals surface area contributed by atoms with Gasteiger partial charge in [0, 0.05) is 6.42 Å². The van der Waals surface area contributed by atoms with Gasteiger partial charge in [-0.3, -0.25) is 9.59 Å². The zero-order valence-corrected chi connectivity index (χ0v) is 11.4. The highest BCUT2D eigenvalue weighted by molar-refractivity contribution is 5.90. The van der Waals surface area contributed by atoms with Crippen molar-refractivity contribution in [2.24, 2.45) is 0 Å².